The van der Waals surface area contributed by atoms with E-state index in [-0.39, 0.29) is 5.91 Å². The fourth-order valence-corrected chi connectivity index (χ4v) is 2.26. The normalized spacial score (nSPS) is 11.2. The van der Waals surface area contributed by atoms with Crippen LogP contribution < -0.4 is 0 Å². The fourth-order valence-electron chi connectivity index (χ4n) is 2.26. The Kier molecular flexibility index (Phi) is 3.17. The molecule has 0 spiro atoms. The van der Waals surface area contributed by atoms with Crippen LogP contribution in [0.4, 0.5) is 0 Å². The van der Waals surface area contributed by atoms with Crippen molar-refractivity contribution in [2.75, 3.05) is 0 Å². The average Bonchev–Trinajstić information content (AvgIpc) is 2.85. The predicted molar refractivity (Wildman–Crippen MR) is 81.4 cm³/mol. The highest BCUT2D eigenvalue weighted by molar-refractivity contribution is 5.98. The van der Waals surface area contributed by atoms with Gasteiger partial charge in [0.2, 0.25) is 5.91 Å². The molecule has 0 bridgehead atoms. The molecule has 0 radical (unpaired) electrons. The number of rotatable bonds is 2. The summed E-state index contributed by atoms with van der Waals surface area (Å²) in [5, 5.41) is 1.08. The highest BCUT2D eigenvalue weighted by Crippen LogP contribution is 2.23. The predicted octanol–water partition coefficient (Wildman–Crippen LogP) is 3.87. The first-order chi connectivity index (χ1) is 9.75. The summed E-state index contributed by atoms with van der Waals surface area (Å²) < 4.78 is 1.68. The third kappa shape index (κ3) is 2.26. The second-order valence-electron chi connectivity index (χ2n) is 4.60. The fraction of sp³-hybridized carbons (Fsp3) is 0.0588. The van der Waals surface area contributed by atoms with Gasteiger partial charge in [0.1, 0.15) is 0 Å². The van der Waals surface area contributed by atoms with Gasteiger partial charge in [0, 0.05) is 36.5 Å². The number of para-hydroxylation sites is 1. The Morgan fingerprint density at radius 2 is 1.85 bits per heavy atom. The van der Waals surface area contributed by atoms with Crippen LogP contribution >= 0.6 is 0 Å². The van der Waals surface area contributed by atoms with Gasteiger partial charge >= 0.3 is 0 Å². The van der Waals surface area contributed by atoms with E-state index in [4.69, 9.17) is 0 Å². The molecule has 0 aliphatic carbocycles. The number of fused-ring (bicyclic) bond motifs is 1. The number of carbonyl (C=O) groups excluding carboxylic acids is 1. The second-order valence-corrected chi connectivity index (χ2v) is 4.60. The molecule has 3 aromatic rings. The molecule has 0 saturated carbocycles. The van der Waals surface area contributed by atoms with Crippen molar-refractivity contribution in [3.05, 3.63) is 66.1 Å². The topological polar surface area (TPSA) is 34.9 Å². The zero-order valence-electron chi connectivity index (χ0n) is 11.2. The molecule has 0 N–H and O–H groups in total. The molecule has 0 aliphatic heterocycles. The molecule has 3 heteroatoms. The van der Waals surface area contributed by atoms with Crippen molar-refractivity contribution in [3.63, 3.8) is 0 Å². The van der Waals surface area contributed by atoms with E-state index in [1.807, 2.05) is 54.7 Å². The van der Waals surface area contributed by atoms with E-state index < -0.39 is 0 Å². The highest BCUT2D eigenvalue weighted by atomic mass is 16.1. The summed E-state index contributed by atoms with van der Waals surface area (Å²) in [6.07, 6.45) is 9.45. The molecule has 0 aliphatic rings. The molecule has 3 rings (SSSR count). The molecule has 0 saturated heterocycles. The quantitative estimate of drug-likeness (QED) is 0.702. The molecule has 98 valence electrons. The minimum atomic E-state index is 0.0183. The average molecular weight is 262 g/mol. The maximum Gasteiger partial charge on any atom is 0.227 e. The largest absolute Gasteiger partial charge is 0.287 e. The smallest absolute Gasteiger partial charge is 0.227 e. The first-order valence-electron chi connectivity index (χ1n) is 6.45. The maximum atomic E-state index is 11.7. The molecule has 2 aromatic heterocycles. The number of hydrogen-bond acceptors (Lipinski definition) is 2. The number of hydrogen-bond donors (Lipinski definition) is 0. The Labute approximate surface area is 117 Å². The molecule has 3 nitrogen and oxygen atoms in total. The van der Waals surface area contributed by atoms with Gasteiger partial charge in [-0.25, -0.2) is 0 Å². The van der Waals surface area contributed by atoms with Gasteiger partial charge < -0.3 is 0 Å². The van der Waals surface area contributed by atoms with Gasteiger partial charge in [-0.2, -0.15) is 0 Å². The lowest BCUT2D eigenvalue weighted by atomic mass is 10.1. The van der Waals surface area contributed by atoms with Crippen LogP contribution in [0.3, 0.4) is 0 Å². The third-order valence-electron chi connectivity index (χ3n) is 3.24. The van der Waals surface area contributed by atoms with Crippen molar-refractivity contribution in [3.8, 4) is 0 Å². The van der Waals surface area contributed by atoms with E-state index in [0.29, 0.717) is 0 Å². The number of carbonyl (C=O) groups is 1. The van der Waals surface area contributed by atoms with Crippen LogP contribution in [-0.2, 0) is 0 Å². The van der Waals surface area contributed by atoms with E-state index >= 15 is 0 Å². The van der Waals surface area contributed by atoms with Crippen LogP contribution in [-0.4, -0.2) is 15.5 Å². The first kappa shape index (κ1) is 12.4. The van der Waals surface area contributed by atoms with Crippen molar-refractivity contribution in [2.45, 2.75) is 6.92 Å². The molecule has 1 aromatic carbocycles. The molecule has 2 heterocycles. The monoisotopic (exact) mass is 262 g/mol. The van der Waals surface area contributed by atoms with Crippen molar-refractivity contribution >= 4 is 29.0 Å². The van der Waals surface area contributed by atoms with Crippen molar-refractivity contribution in [2.24, 2.45) is 0 Å². The third-order valence-corrected chi connectivity index (χ3v) is 3.24. The summed E-state index contributed by atoms with van der Waals surface area (Å²) in [4.78, 5) is 15.7. The van der Waals surface area contributed by atoms with E-state index in [1.54, 1.807) is 23.9 Å². The lowest BCUT2D eigenvalue weighted by Crippen LogP contribution is -2.02. The van der Waals surface area contributed by atoms with Gasteiger partial charge in [-0.15, -0.1) is 0 Å². The summed E-state index contributed by atoms with van der Waals surface area (Å²) in [5.74, 6) is 0.0183. The van der Waals surface area contributed by atoms with Crippen molar-refractivity contribution < 1.29 is 4.79 Å². The van der Waals surface area contributed by atoms with Crippen LogP contribution in [0.5, 0.6) is 0 Å². The first-order valence-corrected chi connectivity index (χ1v) is 6.45. The molecular formula is C17H14N2O. The molecule has 0 fully saturated rings. The summed E-state index contributed by atoms with van der Waals surface area (Å²) in [7, 11) is 0. The Bertz CT molecular complexity index is 785. The van der Waals surface area contributed by atoms with Gasteiger partial charge in [0.25, 0.3) is 0 Å². The Morgan fingerprint density at radius 3 is 2.60 bits per heavy atom. The summed E-state index contributed by atoms with van der Waals surface area (Å²) in [6.45, 7) is 1.57. The number of pyridine rings is 1. The number of aromatic nitrogens is 2. The van der Waals surface area contributed by atoms with E-state index in [0.717, 1.165) is 22.0 Å². The molecule has 0 atom stereocenters. The molecule has 0 amide bonds. The van der Waals surface area contributed by atoms with Gasteiger partial charge in [-0.05, 0) is 23.8 Å². The molecule has 0 unspecified atom stereocenters. The minimum absolute atomic E-state index is 0.0183. The Morgan fingerprint density at radius 1 is 1.10 bits per heavy atom. The van der Waals surface area contributed by atoms with Crippen LogP contribution in [0.1, 0.15) is 22.8 Å². The molecular weight excluding hydrogens is 248 g/mol. The van der Waals surface area contributed by atoms with Gasteiger partial charge in [-0.3, -0.25) is 14.3 Å². The van der Waals surface area contributed by atoms with Crippen LogP contribution in [0.15, 0.2) is 55.0 Å². The molecule has 20 heavy (non-hydrogen) atoms. The zero-order valence-corrected chi connectivity index (χ0v) is 11.2. The van der Waals surface area contributed by atoms with Crippen LogP contribution in [0.25, 0.3) is 23.1 Å². The summed E-state index contributed by atoms with van der Waals surface area (Å²) >= 11 is 0. The zero-order chi connectivity index (χ0) is 13.9. The standard InChI is InChI=1S/C17H14N2O/c1-13(20)19-12-15(16-4-2-3-5-17(16)19)7-6-14-8-10-18-11-9-14/h2-12H,1H3. The Balaban J connectivity index is 2.08. The van der Waals surface area contributed by atoms with Crippen molar-refractivity contribution in [1.82, 2.24) is 9.55 Å². The second kappa shape index (κ2) is 5.13. The SMILES string of the molecule is CC(=O)n1cc(C=Cc2ccncc2)c2ccccc21. The van der Waals surface area contributed by atoms with Gasteiger partial charge in [0.05, 0.1) is 5.52 Å². The summed E-state index contributed by atoms with van der Waals surface area (Å²) in [5.41, 5.74) is 3.06. The van der Waals surface area contributed by atoms with E-state index in [2.05, 4.69) is 4.98 Å². The van der Waals surface area contributed by atoms with Crippen LogP contribution in [0.2, 0.25) is 0 Å². The van der Waals surface area contributed by atoms with E-state index in [9.17, 15) is 4.79 Å². The minimum Gasteiger partial charge on any atom is -0.287 e. The highest BCUT2D eigenvalue weighted by Gasteiger charge is 2.08. The lowest BCUT2D eigenvalue weighted by molar-refractivity contribution is 0.0941. The van der Waals surface area contributed by atoms with Gasteiger partial charge in [-0.1, -0.05) is 30.4 Å². The van der Waals surface area contributed by atoms with Crippen molar-refractivity contribution in [1.29, 1.82) is 0 Å². The van der Waals surface area contributed by atoms with Gasteiger partial charge in [0.15, 0.2) is 0 Å². The maximum absolute atomic E-state index is 11.7. The lowest BCUT2D eigenvalue weighted by Gasteiger charge is -1.96. The number of nitrogens with zero attached hydrogens (tertiary/aromatic N) is 2. The van der Waals surface area contributed by atoms with Crippen LogP contribution in [0, 0.1) is 0 Å². The Hall–Kier alpha value is -2.68. The summed E-state index contributed by atoms with van der Waals surface area (Å²) in [6, 6.07) is 11.8. The van der Waals surface area contributed by atoms with E-state index in [1.165, 1.54) is 0 Å². The number of benzene rings is 1.